The van der Waals surface area contributed by atoms with E-state index in [1.165, 1.54) is 105 Å². The summed E-state index contributed by atoms with van der Waals surface area (Å²) in [7, 11) is 0. The molecule has 0 unspecified atom stereocenters. The van der Waals surface area contributed by atoms with Crippen molar-refractivity contribution in [2.24, 2.45) is 0 Å². The first-order valence-electron chi connectivity index (χ1n) is 29.0. The maximum Gasteiger partial charge on any atom is 0.0714 e. The first-order valence-corrected chi connectivity index (χ1v) is 29.0. The Balaban J connectivity index is 0.943. The van der Waals surface area contributed by atoms with Gasteiger partial charge in [-0.3, -0.25) is 0 Å². The van der Waals surface area contributed by atoms with E-state index in [0.29, 0.717) is 6.42 Å². The van der Waals surface area contributed by atoms with Crippen molar-refractivity contribution in [3.8, 4) is 22.3 Å². The molecule has 2 nitrogen and oxygen atoms in total. The second kappa shape index (κ2) is 20.1. The largest absolute Gasteiger partial charge is 0.310 e. The van der Waals surface area contributed by atoms with Gasteiger partial charge in [0.2, 0.25) is 0 Å². The van der Waals surface area contributed by atoms with Gasteiger partial charge in [-0.2, -0.15) is 0 Å². The fourth-order valence-electron chi connectivity index (χ4n) is 14.5. The van der Waals surface area contributed by atoms with Crippen molar-refractivity contribution >= 4 is 55.7 Å². The molecule has 2 aliphatic rings. The van der Waals surface area contributed by atoms with E-state index in [4.69, 9.17) is 0 Å². The third-order valence-corrected chi connectivity index (χ3v) is 17.8. The summed E-state index contributed by atoms with van der Waals surface area (Å²) >= 11 is 0. The highest BCUT2D eigenvalue weighted by Crippen LogP contribution is 2.59. The molecule has 0 aromatic heterocycles. The number of rotatable bonds is 12. The average Bonchev–Trinajstić information content (AvgIpc) is 3.17. The normalized spacial score (nSPS) is 13.2. The highest BCUT2D eigenvalue weighted by Gasteiger charge is 2.47. The second-order valence-electron chi connectivity index (χ2n) is 22.5. The van der Waals surface area contributed by atoms with Gasteiger partial charge in [0.25, 0.3) is 0 Å². The van der Waals surface area contributed by atoms with Crippen LogP contribution in [0.5, 0.6) is 0 Å². The molecule has 83 heavy (non-hydrogen) atoms. The molecule has 2 aliphatic carbocycles. The molecule has 0 heterocycles. The molecule has 0 aliphatic heterocycles. The fraction of sp³-hybridized carbons (Fsp3) is 0.0617. The van der Waals surface area contributed by atoms with Crippen LogP contribution in [0.2, 0.25) is 0 Å². The van der Waals surface area contributed by atoms with E-state index >= 15 is 0 Å². The first kappa shape index (κ1) is 49.7. The smallest absolute Gasteiger partial charge is 0.0714 e. The van der Waals surface area contributed by atoms with Crippen molar-refractivity contribution in [3.05, 3.63) is 371 Å². The minimum atomic E-state index is -0.553. The minimum absolute atomic E-state index is 0.546. The molecule has 394 valence electrons. The van der Waals surface area contributed by atoms with Crippen molar-refractivity contribution in [1.29, 1.82) is 0 Å². The van der Waals surface area contributed by atoms with Crippen LogP contribution in [-0.4, -0.2) is 0 Å². The molecule has 0 saturated carbocycles. The molecule has 15 rings (SSSR count). The van der Waals surface area contributed by atoms with Crippen LogP contribution >= 0.6 is 0 Å². The number of hydrogen-bond donors (Lipinski definition) is 0. The van der Waals surface area contributed by atoms with E-state index in [9.17, 15) is 0 Å². The van der Waals surface area contributed by atoms with Crippen LogP contribution in [0.4, 0.5) is 34.1 Å². The number of hydrogen-bond acceptors (Lipinski definition) is 2. The second-order valence-corrected chi connectivity index (χ2v) is 22.5. The highest BCUT2D eigenvalue weighted by atomic mass is 15.1. The van der Waals surface area contributed by atoms with Crippen molar-refractivity contribution in [3.63, 3.8) is 0 Å². The molecule has 13 aromatic carbocycles. The van der Waals surface area contributed by atoms with Gasteiger partial charge in [-0.15, -0.1) is 6.58 Å². The topological polar surface area (TPSA) is 6.48 Å². The summed E-state index contributed by atoms with van der Waals surface area (Å²) in [6.45, 7) is 8.71. The summed E-state index contributed by atoms with van der Waals surface area (Å²) in [5.74, 6) is 0. The molecule has 0 fully saturated rings. The van der Waals surface area contributed by atoms with Crippen LogP contribution in [0.15, 0.2) is 310 Å². The van der Waals surface area contributed by atoms with E-state index in [1.54, 1.807) is 0 Å². The molecular formula is C81H60N2. The lowest BCUT2D eigenvalue weighted by molar-refractivity contribution is 0.768. The predicted octanol–water partition coefficient (Wildman–Crippen LogP) is 21.0. The molecule has 0 N–H and O–H groups in total. The van der Waals surface area contributed by atoms with E-state index in [2.05, 4.69) is 327 Å². The highest BCUT2D eigenvalue weighted by molar-refractivity contribution is 6.15. The lowest BCUT2D eigenvalue weighted by atomic mass is 9.67. The Morgan fingerprint density at radius 3 is 1.20 bits per heavy atom. The lowest BCUT2D eigenvalue weighted by Gasteiger charge is -2.35. The molecule has 0 spiro atoms. The lowest BCUT2D eigenvalue weighted by Crippen LogP contribution is -2.28. The van der Waals surface area contributed by atoms with E-state index in [1.807, 2.05) is 6.08 Å². The fourth-order valence-corrected chi connectivity index (χ4v) is 14.5. The van der Waals surface area contributed by atoms with Gasteiger partial charge >= 0.3 is 0 Å². The van der Waals surface area contributed by atoms with Gasteiger partial charge in [0.15, 0.2) is 0 Å². The van der Waals surface area contributed by atoms with E-state index in [0.717, 1.165) is 34.1 Å². The van der Waals surface area contributed by atoms with Crippen molar-refractivity contribution < 1.29 is 0 Å². The molecule has 13 aromatic rings. The Labute approximate surface area is 487 Å². The maximum absolute atomic E-state index is 4.33. The zero-order valence-corrected chi connectivity index (χ0v) is 46.7. The number of allylic oxidation sites excluding steroid dienone is 1. The van der Waals surface area contributed by atoms with Crippen LogP contribution in [0.3, 0.4) is 0 Å². The molecule has 0 saturated heterocycles. The summed E-state index contributed by atoms with van der Waals surface area (Å²) in [5.41, 5.74) is 24.3. The zero-order chi connectivity index (χ0) is 55.7. The molecule has 0 bridgehead atoms. The van der Waals surface area contributed by atoms with E-state index in [-0.39, 0.29) is 0 Å². The van der Waals surface area contributed by atoms with Gasteiger partial charge in [-0.05, 0) is 187 Å². The van der Waals surface area contributed by atoms with Gasteiger partial charge in [-0.1, -0.05) is 237 Å². The van der Waals surface area contributed by atoms with Crippen LogP contribution in [0.25, 0.3) is 43.8 Å². The quantitative estimate of drug-likeness (QED) is 0.0889. The Hall–Kier alpha value is -10.3. The zero-order valence-electron chi connectivity index (χ0n) is 46.7. The standard InChI is InChI=1S/C81H60N2/c1-4-23-58-46-49-78(83(64-33-20-25-56(3)51-64)66-35-22-31-62(53-66)81(60-28-9-6-10-29-60)76-42-17-13-38-70(76)71-39-14-18-43-77(71)81)72-48-45-57-44-47-67(54-73(57)79(58)72)82(63-32-19-24-55(2)50-63)65-34-21-30-61(52-65)80(59-26-7-5-8-27-59)74-40-15-11-36-68(74)69-37-12-16-41-75(69)80/h4-22,24-54H,1,23H2,2-3H3. The van der Waals surface area contributed by atoms with Gasteiger partial charge in [-0.25, -0.2) is 0 Å². The number of anilines is 6. The van der Waals surface area contributed by atoms with E-state index < -0.39 is 10.8 Å². The molecule has 2 heteroatoms. The Bertz CT molecular complexity index is 4570. The third kappa shape index (κ3) is 7.78. The van der Waals surface area contributed by atoms with Crippen molar-refractivity contribution in [2.45, 2.75) is 31.1 Å². The SMILES string of the molecule is C=CCc1ccc(N(c2cccc(C)c2)c2cccc(C3(c4ccccc4)c4ccccc4-c4ccccc43)c2)c2ccc3ccc(N(c4cccc(C)c4)c4cccc(C5(c6ccccc6)c6ccccc6-c6ccccc65)c4)cc3c12. The number of aryl methyl sites for hydroxylation is 2. The van der Waals surface area contributed by atoms with Crippen LogP contribution < -0.4 is 9.80 Å². The van der Waals surface area contributed by atoms with Gasteiger partial charge in [0, 0.05) is 33.8 Å². The van der Waals surface area contributed by atoms with Crippen LogP contribution in [0, 0.1) is 13.8 Å². The minimum Gasteiger partial charge on any atom is -0.310 e. The summed E-state index contributed by atoms with van der Waals surface area (Å²) in [6, 6.07) is 111. The molecule has 0 radical (unpaired) electrons. The number of nitrogens with zero attached hydrogens (tertiary/aromatic N) is 2. The predicted molar refractivity (Wildman–Crippen MR) is 349 cm³/mol. The Kier molecular flexibility index (Phi) is 12.0. The summed E-state index contributed by atoms with van der Waals surface area (Å²) < 4.78 is 0. The van der Waals surface area contributed by atoms with Gasteiger partial charge in [0.1, 0.15) is 0 Å². The van der Waals surface area contributed by atoms with Crippen molar-refractivity contribution in [1.82, 2.24) is 0 Å². The summed E-state index contributed by atoms with van der Waals surface area (Å²) in [4.78, 5) is 4.95. The van der Waals surface area contributed by atoms with Gasteiger partial charge in [0.05, 0.1) is 16.5 Å². The van der Waals surface area contributed by atoms with Crippen molar-refractivity contribution in [2.75, 3.05) is 9.80 Å². The molecular weight excluding hydrogens is 1000 g/mol. The van der Waals surface area contributed by atoms with Gasteiger partial charge < -0.3 is 9.80 Å². The molecule has 0 amide bonds. The Morgan fingerprint density at radius 1 is 0.325 bits per heavy atom. The maximum atomic E-state index is 4.33. The van der Waals surface area contributed by atoms with Crippen LogP contribution in [-0.2, 0) is 17.3 Å². The molecule has 0 atom stereocenters. The first-order chi connectivity index (χ1) is 40.9. The number of fused-ring (bicyclic) bond motifs is 9. The summed E-state index contributed by atoms with van der Waals surface area (Å²) in [6.07, 6.45) is 2.76. The summed E-state index contributed by atoms with van der Waals surface area (Å²) in [5, 5.41) is 4.75. The Morgan fingerprint density at radius 2 is 0.723 bits per heavy atom. The number of benzene rings is 13. The monoisotopic (exact) mass is 1060 g/mol. The average molecular weight is 1060 g/mol. The van der Waals surface area contributed by atoms with Crippen LogP contribution in [0.1, 0.15) is 61.2 Å². The third-order valence-electron chi connectivity index (χ3n) is 17.8.